The molecule has 0 saturated carbocycles. The molecule has 33 heavy (non-hydrogen) atoms. The summed E-state index contributed by atoms with van der Waals surface area (Å²) in [4.78, 5) is 15.7. The van der Waals surface area contributed by atoms with E-state index in [4.69, 9.17) is 4.62 Å². The van der Waals surface area contributed by atoms with E-state index in [1.807, 2.05) is 67.1 Å². The van der Waals surface area contributed by atoms with E-state index in [1.54, 1.807) is 6.20 Å². The summed E-state index contributed by atoms with van der Waals surface area (Å²) in [7, 11) is -13.2. The molecule has 0 radical (unpaired) electrons. The summed E-state index contributed by atoms with van der Waals surface area (Å²) in [5.74, 6) is 0. The van der Waals surface area contributed by atoms with E-state index in [2.05, 4.69) is 30.2 Å². The van der Waals surface area contributed by atoms with Crippen LogP contribution in [0.3, 0.4) is 0 Å². The fourth-order valence-corrected chi connectivity index (χ4v) is 6.03. The molecule has 5 aromatic heterocycles. The third-order valence-corrected chi connectivity index (χ3v) is 7.41. The van der Waals surface area contributed by atoms with Gasteiger partial charge in [-0.3, -0.25) is 0 Å². The van der Waals surface area contributed by atoms with Crippen LogP contribution in [0, 0.1) is 0 Å². The van der Waals surface area contributed by atoms with Crippen LogP contribution in [-0.2, 0) is 0 Å². The van der Waals surface area contributed by atoms with Gasteiger partial charge in [0.15, 0.2) is 0 Å². The molecule has 3 N–H and O–H groups in total. The molecule has 176 valence electrons. The second-order valence-corrected chi connectivity index (χ2v) is 11.4. The van der Waals surface area contributed by atoms with E-state index in [1.165, 1.54) is 4.85 Å². The Balaban J connectivity index is 0.000000325. The van der Waals surface area contributed by atoms with Gasteiger partial charge >= 0.3 is 40.5 Å². The minimum absolute atomic E-state index is 0.571. The Hall–Kier alpha value is -3.37. The van der Waals surface area contributed by atoms with Crippen LogP contribution in [0.15, 0.2) is 73.3 Å². The van der Waals surface area contributed by atoms with Crippen molar-refractivity contribution in [3.8, 4) is 0 Å². The first-order valence-electron chi connectivity index (χ1n) is 9.07. The zero-order valence-corrected chi connectivity index (χ0v) is 18.1. The van der Waals surface area contributed by atoms with Crippen molar-refractivity contribution in [1.29, 1.82) is 0 Å². The molecule has 16 heteroatoms. The molecule has 5 rings (SSSR count). The van der Waals surface area contributed by atoms with Gasteiger partial charge in [-0.1, -0.05) is 0 Å². The first-order valence-corrected chi connectivity index (χ1v) is 12.8. The molecule has 8 nitrogen and oxygen atoms in total. The average Bonchev–Trinajstić information content (AvgIpc) is 3.53. The summed E-state index contributed by atoms with van der Waals surface area (Å²) in [5, 5.41) is 8.34. The summed E-state index contributed by atoms with van der Waals surface area (Å²) in [6, 6.07) is 15.6. The molecule has 0 aliphatic heterocycles. The van der Waals surface area contributed by atoms with Gasteiger partial charge in [-0.05, 0) is 40.4 Å². The van der Waals surface area contributed by atoms with Crippen LogP contribution in [0.4, 0.5) is 25.2 Å². The maximum Gasteiger partial charge on any atom is 0.371 e. The monoisotopic (exact) mass is 509 g/mol. The van der Waals surface area contributed by atoms with E-state index >= 15 is 0 Å². The average molecular weight is 509 g/mol. The van der Waals surface area contributed by atoms with Gasteiger partial charge in [-0.2, -0.15) is 0 Å². The summed E-state index contributed by atoms with van der Waals surface area (Å²) < 4.78 is 65.8. The van der Waals surface area contributed by atoms with Gasteiger partial charge in [0.2, 0.25) is 22.0 Å². The van der Waals surface area contributed by atoms with Crippen LogP contribution in [0.25, 0.3) is 11.2 Å². The van der Waals surface area contributed by atoms with Crippen LogP contribution in [-0.4, -0.2) is 35.1 Å². The molecule has 0 spiro atoms. The fraction of sp³-hybridized carbons (Fsp3) is 0. The summed E-state index contributed by atoms with van der Waals surface area (Å²) in [6.45, 7) is 0. The molecule has 0 saturated heterocycles. The number of aromatic nitrogens is 7. The number of rotatable bonds is 5. The second kappa shape index (κ2) is 7.32. The van der Waals surface area contributed by atoms with Gasteiger partial charge in [0.1, 0.15) is 5.52 Å². The predicted molar refractivity (Wildman–Crippen MR) is 114 cm³/mol. The zero-order chi connectivity index (χ0) is 23.8. The number of halogens is 6. The van der Waals surface area contributed by atoms with E-state index < -0.39 is 15.3 Å². The maximum atomic E-state index is 9.87. The van der Waals surface area contributed by atoms with Crippen molar-refractivity contribution < 1.29 is 29.8 Å². The van der Waals surface area contributed by atoms with E-state index in [-0.39, 0.29) is 0 Å². The Morgan fingerprint density at radius 2 is 1.24 bits per heavy atom. The SMILES string of the molecule is F[P-](F)(F)(F)(F)F.c1c[nH]c([P+](On2nnc3cccnc32)(c2ccc[nH]2)c2ccc[nH]2)c1. The smallest absolute Gasteiger partial charge is 0.330 e. The van der Waals surface area contributed by atoms with Crippen LogP contribution in [0.2, 0.25) is 0 Å². The molecule has 0 aliphatic rings. The van der Waals surface area contributed by atoms with Crippen molar-refractivity contribution in [2.24, 2.45) is 0 Å². The van der Waals surface area contributed by atoms with Gasteiger partial charge < -0.3 is 15.0 Å². The number of H-pyrrole nitrogens is 3. The normalized spacial score (nSPS) is 14.2. The van der Waals surface area contributed by atoms with Gasteiger partial charge in [0.25, 0.3) is 0 Å². The summed E-state index contributed by atoms with van der Waals surface area (Å²) >= 11 is 0. The quantitative estimate of drug-likeness (QED) is 0.240. The molecular formula is C17H15F6N7OP2. The van der Waals surface area contributed by atoms with E-state index in [0.717, 1.165) is 16.3 Å². The first kappa shape index (κ1) is 22.8. The Morgan fingerprint density at radius 3 is 1.67 bits per heavy atom. The number of fused-ring (bicyclic) bond motifs is 1. The van der Waals surface area contributed by atoms with Crippen LogP contribution in [0.5, 0.6) is 0 Å². The topological polar surface area (TPSA) is 100 Å². The molecule has 0 bridgehead atoms. The van der Waals surface area contributed by atoms with Crippen LogP contribution in [0.1, 0.15) is 0 Å². The molecule has 5 aromatic rings. The molecule has 0 unspecified atom stereocenters. The zero-order valence-electron chi connectivity index (χ0n) is 16.3. The molecule has 0 atom stereocenters. The number of nitrogens with one attached hydrogen (secondary N) is 3. The van der Waals surface area contributed by atoms with Crippen molar-refractivity contribution in [2.75, 3.05) is 0 Å². The Bertz CT molecular complexity index is 1240. The molecule has 5 heterocycles. The van der Waals surface area contributed by atoms with Crippen LogP contribution >= 0.6 is 15.3 Å². The maximum absolute atomic E-state index is 10.7. The Labute approximate surface area is 181 Å². The minimum atomic E-state index is -10.7. The van der Waals surface area contributed by atoms with Gasteiger partial charge in [0, 0.05) is 43.0 Å². The third-order valence-electron chi connectivity index (χ3n) is 4.14. The number of hydrogen-bond donors (Lipinski definition) is 3. The molecule has 0 fully saturated rings. The summed E-state index contributed by atoms with van der Waals surface area (Å²) in [6.07, 6.45) is 7.36. The van der Waals surface area contributed by atoms with Crippen molar-refractivity contribution >= 4 is 42.8 Å². The van der Waals surface area contributed by atoms with E-state index in [9.17, 15) is 25.2 Å². The fourth-order valence-electron chi connectivity index (χ4n) is 2.99. The molecular weight excluding hydrogens is 494 g/mol. The van der Waals surface area contributed by atoms with Crippen LogP contribution < -0.4 is 20.9 Å². The van der Waals surface area contributed by atoms with Crippen molar-refractivity contribution in [3.63, 3.8) is 0 Å². The summed E-state index contributed by atoms with van der Waals surface area (Å²) in [5.41, 5.74) is 4.09. The molecule has 0 aromatic carbocycles. The molecule has 0 amide bonds. The largest absolute Gasteiger partial charge is 0.371 e. The predicted octanol–water partition coefficient (Wildman–Crippen LogP) is 4.53. The Kier molecular flexibility index (Phi) is 5.06. The number of pyridine rings is 1. The van der Waals surface area contributed by atoms with Gasteiger partial charge in [-0.25, -0.2) is 9.61 Å². The molecule has 0 aliphatic carbocycles. The third kappa shape index (κ3) is 5.52. The number of hydrogen-bond acceptors (Lipinski definition) is 4. The van der Waals surface area contributed by atoms with Gasteiger partial charge in [0.05, 0.1) is 0 Å². The Morgan fingerprint density at radius 1 is 0.758 bits per heavy atom. The van der Waals surface area contributed by atoms with Crippen molar-refractivity contribution in [3.05, 3.63) is 73.3 Å². The minimum Gasteiger partial charge on any atom is -0.330 e. The van der Waals surface area contributed by atoms with E-state index in [0.29, 0.717) is 11.2 Å². The van der Waals surface area contributed by atoms with Crippen molar-refractivity contribution in [2.45, 2.75) is 0 Å². The van der Waals surface area contributed by atoms with Gasteiger partial charge in [-0.15, -0.1) is 5.10 Å². The first-order chi connectivity index (χ1) is 15.3. The number of nitrogens with zero attached hydrogens (tertiary/aromatic N) is 4. The standard InChI is InChI=1S/C17H15N7OP.F6P/c1-5-13-17(21-12-1)24(23-22-13)25-26(14-6-2-9-18-14,15-7-3-10-19-15)16-8-4-11-20-16;1-7(2,3,4,5)6/h1-12,18-20H;/q+1;-1. The van der Waals surface area contributed by atoms with Crippen molar-refractivity contribution in [1.82, 2.24) is 35.1 Å². The second-order valence-electron chi connectivity index (χ2n) is 6.62. The number of aromatic amines is 3.